The average molecular weight is 334 g/mol. The minimum Gasteiger partial charge on any atom is -0.341 e. The monoisotopic (exact) mass is 334 g/mol. The molecule has 3 atom stereocenters. The maximum atomic E-state index is 12.9. The summed E-state index contributed by atoms with van der Waals surface area (Å²) in [4.78, 5) is 21.6. The third-order valence-electron chi connectivity index (χ3n) is 5.51. The summed E-state index contributed by atoms with van der Waals surface area (Å²) in [6, 6.07) is -0.0344. The van der Waals surface area contributed by atoms with E-state index >= 15 is 0 Å². The van der Waals surface area contributed by atoms with Crippen LogP contribution >= 0.6 is 0 Å². The van der Waals surface area contributed by atoms with E-state index in [0.29, 0.717) is 29.5 Å². The number of piperidine rings is 2. The van der Waals surface area contributed by atoms with Gasteiger partial charge in [-0.3, -0.25) is 9.69 Å². The fourth-order valence-corrected chi connectivity index (χ4v) is 4.28. The van der Waals surface area contributed by atoms with Crippen molar-refractivity contribution < 1.29 is 9.32 Å². The Morgan fingerprint density at radius 3 is 2.38 bits per heavy atom. The van der Waals surface area contributed by atoms with Gasteiger partial charge in [-0.1, -0.05) is 19.0 Å². The van der Waals surface area contributed by atoms with E-state index in [-0.39, 0.29) is 6.04 Å². The third-order valence-corrected chi connectivity index (χ3v) is 5.51. The molecule has 1 aromatic heterocycles. The number of carbonyl (C=O) groups excluding carboxylic acids is 1. The zero-order chi connectivity index (χ0) is 17.3. The van der Waals surface area contributed by atoms with Crippen LogP contribution in [0.25, 0.3) is 0 Å². The first kappa shape index (κ1) is 17.4. The Morgan fingerprint density at radius 2 is 1.83 bits per heavy atom. The molecule has 134 valence electrons. The summed E-state index contributed by atoms with van der Waals surface area (Å²) in [6.07, 6.45) is 3.19. The lowest BCUT2D eigenvalue weighted by atomic mass is 9.91. The molecule has 6 nitrogen and oxygen atoms in total. The van der Waals surface area contributed by atoms with Crippen LogP contribution < -0.4 is 0 Å². The number of hydrogen-bond donors (Lipinski definition) is 0. The van der Waals surface area contributed by atoms with Gasteiger partial charge in [0.1, 0.15) is 0 Å². The summed E-state index contributed by atoms with van der Waals surface area (Å²) in [5.74, 6) is 3.29. The maximum absolute atomic E-state index is 12.9. The highest BCUT2D eigenvalue weighted by molar-refractivity contribution is 5.81. The van der Waals surface area contributed by atoms with Crippen LogP contribution in [0.5, 0.6) is 0 Å². The van der Waals surface area contributed by atoms with Crippen molar-refractivity contribution >= 4 is 5.91 Å². The predicted molar refractivity (Wildman–Crippen MR) is 91.6 cm³/mol. The molecule has 0 spiro atoms. The lowest BCUT2D eigenvalue weighted by Crippen LogP contribution is -2.52. The van der Waals surface area contributed by atoms with Crippen LogP contribution in [0.2, 0.25) is 0 Å². The van der Waals surface area contributed by atoms with Gasteiger partial charge in [-0.2, -0.15) is 4.98 Å². The molecule has 0 aromatic carbocycles. The van der Waals surface area contributed by atoms with E-state index in [1.165, 1.54) is 6.42 Å². The number of likely N-dealkylation sites (tertiary alicyclic amines) is 2. The minimum atomic E-state index is -0.0344. The Hall–Kier alpha value is -1.43. The Bertz CT molecular complexity index is 555. The van der Waals surface area contributed by atoms with Crippen LogP contribution in [-0.4, -0.2) is 58.1 Å². The molecule has 2 saturated heterocycles. The molecule has 24 heavy (non-hydrogen) atoms. The number of carbonyl (C=O) groups is 1. The van der Waals surface area contributed by atoms with Gasteiger partial charge < -0.3 is 9.42 Å². The minimum absolute atomic E-state index is 0.0344. The zero-order valence-corrected chi connectivity index (χ0v) is 15.4. The Kier molecular flexibility index (Phi) is 5.23. The first-order valence-corrected chi connectivity index (χ1v) is 9.27. The number of rotatable bonds is 3. The largest absolute Gasteiger partial charge is 0.341 e. The fraction of sp³-hybridized carbons (Fsp3) is 0.833. The number of aryl methyl sites for hydroxylation is 1. The SMILES string of the molecule is Cc1noc(C2CCN(C(C)C(=O)N3CC(C)CC(C)C3)CC2)n1. The van der Waals surface area contributed by atoms with Gasteiger partial charge in [0.25, 0.3) is 0 Å². The zero-order valence-electron chi connectivity index (χ0n) is 15.4. The van der Waals surface area contributed by atoms with E-state index in [0.717, 1.165) is 44.9 Å². The number of aromatic nitrogens is 2. The molecule has 0 N–H and O–H groups in total. The van der Waals surface area contributed by atoms with E-state index in [1.807, 2.05) is 6.92 Å². The summed E-state index contributed by atoms with van der Waals surface area (Å²) in [7, 11) is 0. The molecule has 0 saturated carbocycles. The molecular weight excluding hydrogens is 304 g/mol. The first-order valence-electron chi connectivity index (χ1n) is 9.27. The summed E-state index contributed by atoms with van der Waals surface area (Å²) in [5, 5.41) is 3.89. The van der Waals surface area contributed by atoms with Gasteiger partial charge in [0, 0.05) is 19.0 Å². The Labute approximate surface area is 144 Å². The molecular formula is C18H30N4O2. The van der Waals surface area contributed by atoms with E-state index in [1.54, 1.807) is 0 Å². The van der Waals surface area contributed by atoms with E-state index in [9.17, 15) is 4.79 Å². The average Bonchev–Trinajstić information content (AvgIpc) is 2.99. The van der Waals surface area contributed by atoms with E-state index in [2.05, 4.69) is 40.7 Å². The standard InChI is InChI=1S/C18H30N4O2/c1-12-9-13(2)11-22(10-12)18(23)14(3)21-7-5-16(6-8-21)17-19-15(4)20-24-17/h12-14,16H,5-11H2,1-4H3. The lowest BCUT2D eigenvalue weighted by Gasteiger charge is -2.40. The van der Waals surface area contributed by atoms with Crippen molar-refractivity contribution in [1.29, 1.82) is 0 Å². The predicted octanol–water partition coefficient (Wildman–Crippen LogP) is 2.45. The Balaban J connectivity index is 1.54. The third kappa shape index (κ3) is 3.79. The molecule has 1 amide bonds. The smallest absolute Gasteiger partial charge is 0.239 e. The fourth-order valence-electron chi connectivity index (χ4n) is 4.28. The quantitative estimate of drug-likeness (QED) is 0.849. The second-order valence-electron chi connectivity index (χ2n) is 7.86. The van der Waals surface area contributed by atoms with E-state index < -0.39 is 0 Å². The van der Waals surface area contributed by atoms with Crippen molar-refractivity contribution in [3.8, 4) is 0 Å². The molecule has 3 heterocycles. The molecule has 6 heteroatoms. The van der Waals surface area contributed by atoms with Crippen molar-refractivity contribution in [2.45, 2.75) is 58.9 Å². The van der Waals surface area contributed by atoms with Gasteiger partial charge in [-0.15, -0.1) is 0 Å². The van der Waals surface area contributed by atoms with Gasteiger partial charge in [0.2, 0.25) is 11.8 Å². The van der Waals surface area contributed by atoms with Crippen LogP contribution in [0.3, 0.4) is 0 Å². The molecule has 1 aromatic rings. The van der Waals surface area contributed by atoms with Crippen molar-refractivity contribution in [3.63, 3.8) is 0 Å². The number of amides is 1. The van der Waals surface area contributed by atoms with Gasteiger partial charge in [-0.05, 0) is 58.0 Å². The summed E-state index contributed by atoms with van der Waals surface area (Å²) >= 11 is 0. The molecule has 3 unspecified atom stereocenters. The van der Waals surface area contributed by atoms with Crippen molar-refractivity contribution in [1.82, 2.24) is 19.9 Å². The van der Waals surface area contributed by atoms with Gasteiger partial charge in [0.15, 0.2) is 5.82 Å². The number of hydrogen-bond acceptors (Lipinski definition) is 5. The highest BCUT2D eigenvalue weighted by Crippen LogP contribution is 2.28. The van der Waals surface area contributed by atoms with Crippen LogP contribution in [0.4, 0.5) is 0 Å². The molecule has 2 fully saturated rings. The Morgan fingerprint density at radius 1 is 1.21 bits per heavy atom. The normalized spacial score (nSPS) is 28.1. The van der Waals surface area contributed by atoms with Crippen LogP contribution in [0.15, 0.2) is 4.52 Å². The topological polar surface area (TPSA) is 62.5 Å². The van der Waals surface area contributed by atoms with Crippen molar-refractivity contribution in [2.75, 3.05) is 26.2 Å². The molecule has 3 rings (SSSR count). The molecule has 0 aliphatic carbocycles. The highest BCUT2D eigenvalue weighted by Gasteiger charge is 2.33. The summed E-state index contributed by atoms with van der Waals surface area (Å²) in [5.41, 5.74) is 0. The lowest BCUT2D eigenvalue weighted by molar-refractivity contribution is -0.139. The maximum Gasteiger partial charge on any atom is 0.239 e. The second kappa shape index (κ2) is 7.21. The molecule has 2 aliphatic heterocycles. The highest BCUT2D eigenvalue weighted by atomic mass is 16.5. The molecule has 2 aliphatic rings. The van der Waals surface area contributed by atoms with Crippen LogP contribution in [-0.2, 0) is 4.79 Å². The first-order chi connectivity index (χ1) is 11.4. The molecule has 0 bridgehead atoms. The van der Waals surface area contributed by atoms with E-state index in [4.69, 9.17) is 4.52 Å². The summed E-state index contributed by atoms with van der Waals surface area (Å²) < 4.78 is 5.31. The van der Waals surface area contributed by atoms with Gasteiger partial charge in [-0.25, -0.2) is 0 Å². The van der Waals surface area contributed by atoms with Crippen molar-refractivity contribution in [3.05, 3.63) is 11.7 Å². The molecule has 0 radical (unpaired) electrons. The van der Waals surface area contributed by atoms with Gasteiger partial charge >= 0.3 is 0 Å². The van der Waals surface area contributed by atoms with Gasteiger partial charge in [0.05, 0.1) is 6.04 Å². The van der Waals surface area contributed by atoms with Crippen LogP contribution in [0, 0.1) is 18.8 Å². The number of nitrogens with zero attached hydrogens (tertiary/aromatic N) is 4. The van der Waals surface area contributed by atoms with Crippen molar-refractivity contribution in [2.24, 2.45) is 11.8 Å². The van der Waals surface area contributed by atoms with Crippen LogP contribution in [0.1, 0.15) is 57.7 Å². The second-order valence-corrected chi connectivity index (χ2v) is 7.86. The summed E-state index contributed by atoms with van der Waals surface area (Å²) in [6.45, 7) is 12.1.